The van der Waals surface area contributed by atoms with Gasteiger partial charge in [0.15, 0.2) is 0 Å². The van der Waals surface area contributed by atoms with Crippen molar-refractivity contribution in [2.24, 2.45) is 0 Å². The Morgan fingerprint density at radius 3 is 2.20 bits per heavy atom. The Bertz CT molecular complexity index is 1350. The number of nitrogens with zero attached hydrogens (tertiary/aromatic N) is 2. The number of benzene rings is 3. The number of carbonyl (C=O) groups excluding carboxylic acids is 2. The molecule has 180 valence electrons. The quantitative estimate of drug-likeness (QED) is 0.290. The monoisotopic (exact) mass is 490 g/mol. The summed E-state index contributed by atoms with van der Waals surface area (Å²) in [5.74, 6) is -0.158. The third-order valence-electron chi connectivity index (χ3n) is 5.74. The molecule has 1 heterocycles. The van der Waals surface area contributed by atoms with Crippen molar-refractivity contribution in [3.63, 3.8) is 0 Å². The molecule has 4 rings (SSSR count). The van der Waals surface area contributed by atoms with Crippen LogP contribution in [0, 0.1) is 6.92 Å². The Morgan fingerprint density at radius 1 is 0.943 bits per heavy atom. The van der Waals surface area contributed by atoms with Gasteiger partial charge in [-0.2, -0.15) is 0 Å². The van der Waals surface area contributed by atoms with Gasteiger partial charge in [-0.3, -0.25) is 9.10 Å². The first kappa shape index (κ1) is 24.2. The van der Waals surface area contributed by atoms with Gasteiger partial charge in [0, 0.05) is 30.9 Å². The SMILES string of the molecule is Cc1ccc(C(=O)N(C)c2ccc(OC(=O)/C=C/c3ccc(N4CCCS4(=O)=O)cc3)cc2)cc1. The zero-order chi connectivity index (χ0) is 25.0. The van der Waals surface area contributed by atoms with Gasteiger partial charge in [-0.15, -0.1) is 0 Å². The van der Waals surface area contributed by atoms with Crippen LogP contribution in [0.15, 0.2) is 78.9 Å². The number of anilines is 2. The first-order valence-electron chi connectivity index (χ1n) is 11.2. The maximum atomic E-state index is 12.7. The van der Waals surface area contributed by atoms with Gasteiger partial charge < -0.3 is 9.64 Å². The third-order valence-corrected chi connectivity index (χ3v) is 7.61. The minimum absolute atomic E-state index is 0.133. The Morgan fingerprint density at radius 2 is 1.60 bits per heavy atom. The van der Waals surface area contributed by atoms with E-state index in [9.17, 15) is 18.0 Å². The number of ether oxygens (including phenoxy) is 1. The van der Waals surface area contributed by atoms with Gasteiger partial charge in [0.1, 0.15) is 5.75 Å². The molecule has 0 bridgehead atoms. The Labute approximate surface area is 205 Å². The first-order chi connectivity index (χ1) is 16.7. The molecule has 3 aromatic rings. The van der Waals surface area contributed by atoms with E-state index in [4.69, 9.17) is 4.74 Å². The van der Waals surface area contributed by atoms with Crippen LogP contribution in [-0.4, -0.2) is 39.6 Å². The molecule has 1 amide bonds. The number of amides is 1. The Kier molecular flexibility index (Phi) is 7.02. The van der Waals surface area contributed by atoms with Crippen LogP contribution in [0.1, 0.15) is 27.9 Å². The fraction of sp³-hybridized carbons (Fsp3) is 0.185. The second kappa shape index (κ2) is 10.1. The number of rotatable bonds is 6. The van der Waals surface area contributed by atoms with Crippen molar-refractivity contribution in [2.75, 3.05) is 28.6 Å². The molecule has 0 spiro atoms. The van der Waals surface area contributed by atoms with Gasteiger partial charge in [0.25, 0.3) is 5.91 Å². The molecule has 1 fully saturated rings. The fourth-order valence-electron chi connectivity index (χ4n) is 3.74. The third kappa shape index (κ3) is 5.78. The van der Waals surface area contributed by atoms with Crippen molar-refractivity contribution in [3.05, 3.63) is 95.6 Å². The molecule has 0 unspecified atom stereocenters. The molecule has 35 heavy (non-hydrogen) atoms. The van der Waals surface area contributed by atoms with Gasteiger partial charge in [-0.1, -0.05) is 29.8 Å². The number of esters is 1. The molecule has 0 saturated carbocycles. The summed E-state index contributed by atoms with van der Waals surface area (Å²) in [4.78, 5) is 26.4. The van der Waals surface area contributed by atoms with Crippen molar-refractivity contribution >= 4 is 39.4 Å². The molecular formula is C27H26N2O5S. The summed E-state index contributed by atoms with van der Waals surface area (Å²) in [6.45, 7) is 2.45. The molecule has 8 heteroatoms. The van der Waals surface area contributed by atoms with Gasteiger partial charge in [0.05, 0.1) is 11.4 Å². The number of sulfonamides is 1. The molecule has 0 aliphatic carbocycles. The second-order valence-corrected chi connectivity index (χ2v) is 10.3. The topological polar surface area (TPSA) is 84.0 Å². The van der Waals surface area contributed by atoms with E-state index in [1.165, 1.54) is 15.3 Å². The average Bonchev–Trinajstić information content (AvgIpc) is 3.22. The molecule has 0 radical (unpaired) electrons. The lowest BCUT2D eigenvalue weighted by Gasteiger charge is -2.18. The van der Waals surface area contributed by atoms with Crippen molar-refractivity contribution in [1.29, 1.82) is 0 Å². The predicted octanol–water partition coefficient (Wildman–Crippen LogP) is 4.43. The van der Waals surface area contributed by atoms with Crippen molar-refractivity contribution < 1.29 is 22.7 Å². The fourth-order valence-corrected chi connectivity index (χ4v) is 5.30. The lowest BCUT2D eigenvalue weighted by molar-refractivity contribution is -0.128. The van der Waals surface area contributed by atoms with E-state index >= 15 is 0 Å². The van der Waals surface area contributed by atoms with E-state index in [0.29, 0.717) is 35.7 Å². The van der Waals surface area contributed by atoms with E-state index in [0.717, 1.165) is 11.1 Å². The van der Waals surface area contributed by atoms with Gasteiger partial charge >= 0.3 is 5.97 Å². The Balaban J connectivity index is 1.34. The summed E-state index contributed by atoms with van der Waals surface area (Å²) in [6.07, 6.45) is 3.53. The van der Waals surface area contributed by atoms with Crippen LogP contribution in [0.3, 0.4) is 0 Å². The van der Waals surface area contributed by atoms with Gasteiger partial charge in [0.2, 0.25) is 10.0 Å². The van der Waals surface area contributed by atoms with E-state index in [2.05, 4.69) is 0 Å². The van der Waals surface area contributed by atoms with Crippen molar-refractivity contribution in [3.8, 4) is 5.75 Å². The van der Waals surface area contributed by atoms with Crippen LogP contribution in [0.2, 0.25) is 0 Å². The molecule has 3 aromatic carbocycles. The molecule has 7 nitrogen and oxygen atoms in total. The maximum absolute atomic E-state index is 12.7. The van der Waals surface area contributed by atoms with E-state index in [-0.39, 0.29) is 11.7 Å². The molecule has 1 aliphatic rings. The van der Waals surface area contributed by atoms with E-state index < -0.39 is 16.0 Å². The predicted molar refractivity (Wildman–Crippen MR) is 137 cm³/mol. The summed E-state index contributed by atoms with van der Waals surface area (Å²) >= 11 is 0. The lowest BCUT2D eigenvalue weighted by Crippen LogP contribution is -2.26. The van der Waals surface area contributed by atoms with Crippen LogP contribution < -0.4 is 13.9 Å². The molecule has 0 atom stereocenters. The first-order valence-corrected chi connectivity index (χ1v) is 12.8. The summed E-state index contributed by atoms with van der Waals surface area (Å²) in [5.41, 5.74) is 3.71. The standard InChI is InChI=1S/C27H26N2O5S/c1-20-4-9-22(10-5-20)27(31)28(2)23-13-15-25(16-14-23)34-26(30)17-8-21-6-11-24(12-7-21)29-18-3-19-35(29,32)33/h4-17H,3,18-19H2,1-2H3/b17-8+. The van der Waals surface area contributed by atoms with Crippen LogP contribution in [0.4, 0.5) is 11.4 Å². The van der Waals surface area contributed by atoms with E-state index in [1.807, 2.05) is 19.1 Å². The van der Waals surface area contributed by atoms with Crippen LogP contribution in [-0.2, 0) is 14.8 Å². The van der Waals surface area contributed by atoms with Crippen LogP contribution >= 0.6 is 0 Å². The van der Waals surface area contributed by atoms with Crippen LogP contribution in [0.5, 0.6) is 5.75 Å². The number of aryl methyl sites for hydroxylation is 1. The molecule has 1 aliphatic heterocycles. The largest absolute Gasteiger partial charge is 0.423 e. The second-order valence-electron chi connectivity index (χ2n) is 8.31. The molecule has 0 aromatic heterocycles. The Hall–Kier alpha value is -3.91. The highest BCUT2D eigenvalue weighted by Crippen LogP contribution is 2.25. The van der Waals surface area contributed by atoms with Crippen molar-refractivity contribution in [2.45, 2.75) is 13.3 Å². The molecule has 0 N–H and O–H groups in total. The zero-order valence-electron chi connectivity index (χ0n) is 19.5. The highest BCUT2D eigenvalue weighted by Gasteiger charge is 2.28. The number of hydrogen-bond acceptors (Lipinski definition) is 5. The summed E-state index contributed by atoms with van der Waals surface area (Å²) < 4.78 is 30.8. The molecular weight excluding hydrogens is 464 g/mol. The van der Waals surface area contributed by atoms with Gasteiger partial charge in [-0.25, -0.2) is 13.2 Å². The highest BCUT2D eigenvalue weighted by molar-refractivity contribution is 7.93. The minimum Gasteiger partial charge on any atom is -0.423 e. The van der Waals surface area contributed by atoms with Crippen LogP contribution in [0.25, 0.3) is 6.08 Å². The normalized spacial score (nSPS) is 14.7. The number of carbonyl (C=O) groups is 2. The van der Waals surface area contributed by atoms with E-state index in [1.54, 1.807) is 73.8 Å². The summed E-state index contributed by atoms with van der Waals surface area (Å²) in [7, 11) is -1.53. The van der Waals surface area contributed by atoms with Crippen molar-refractivity contribution in [1.82, 2.24) is 0 Å². The highest BCUT2D eigenvalue weighted by atomic mass is 32.2. The summed E-state index contributed by atoms with van der Waals surface area (Å²) in [5, 5.41) is 0. The minimum atomic E-state index is -3.22. The summed E-state index contributed by atoms with van der Waals surface area (Å²) in [6, 6.07) is 21.0. The molecule has 1 saturated heterocycles. The lowest BCUT2D eigenvalue weighted by atomic mass is 10.1. The van der Waals surface area contributed by atoms with Gasteiger partial charge in [-0.05, 0) is 73.5 Å². The smallest absolute Gasteiger partial charge is 0.336 e. The average molecular weight is 491 g/mol. The maximum Gasteiger partial charge on any atom is 0.336 e. The number of hydrogen-bond donors (Lipinski definition) is 0. The zero-order valence-corrected chi connectivity index (χ0v) is 20.4.